The monoisotopic (exact) mass is 432 g/mol. The molecule has 0 saturated carbocycles. The molecule has 0 aliphatic heterocycles. The van der Waals surface area contributed by atoms with Gasteiger partial charge in [0, 0.05) is 23.1 Å². The van der Waals surface area contributed by atoms with Crippen molar-refractivity contribution in [2.75, 3.05) is 0 Å². The number of aryl methyl sites for hydroxylation is 2. The second-order valence-corrected chi connectivity index (χ2v) is 7.90. The first-order valence-electron chi connectivity index (χ1n) is 9.60. The number of nitrogens with zero attached hydrogens (tertiary/aromatic N) is 4. The number of non-ortho nitro benzene ring substituents is 1. The normalized spacial score (nSPS) is 12.4. The lowest BCUT2D eigenvalue weighted by molar-refractivity contribution is -0.384. The molecule has 2 aromatic heterocycles. The number of hydrogen-bond acceptors (Lipinski definition) is 6. The van der Waals surface area contributed by atoms with Gasteiger partial charge in [-0.05, 0) is 57.2 Å². The molecule has 0 bridgehead atoms. The lowest BCUT2D eigenvalue weighted by Crippen LogP contribution is -2.13. The molecule has 0 aliphatic carbocycles. The van der Waals surface area contributed by atoms with Gasteiger partial charge in [0.15, 0.2) is 0 Å². The van der Waals surface area contributed by atoms with Crippen LogP contribution in [0.4, 0.5) is 11.4 Å². The van der Waals surface area contributed by atoms with Crippen LogP contribution in [0.15, 0.2) is 80.6 Å². The Morgan fingerprint density at radius 2 is 1.74 bits per heavy atom. The van der Waals surface area contributed by atoms with E-state index in [0.717, 1.165) is 28.3 Å². The fraction of sp³-hybridized carbons (Fsp3) is 0.130. The third-order valence-electron chi connectivity index (χ3n) is 4.66. The number of hydrogen-bond donors (Lipinski definition) is 0. The second-order valence-electron chi connectivity index (χ2n) is 7.06. The van der Waals surface area contributed by atoms with Crippen LogP contribution >= 0.6 is 11.3 Å². The molecule has 31 heavy (non-hydrogen) atoms. The first kappa shape index (κ1) is 20.5. The Bertz CT molecular complexity index is 1330. The highest BCUT2D eigenvalue weighted by Gasteiger charge is 2.12. The van der Waals surface area contributed by atoms with Crippen LogP contribution in [0.25, 0.3) is 11.3 Å². The third-order valence-corrected chi connectivity index (χ3v) is 5.48. The Balaban J connectivity index is 1.86. The number of furan rings is 1. The van der Waals surface area contributed by atoms with Crippen molar-refractivity contribution >= 4 is 28.4 Å². The molecule has 0 spiro atoms. The maximum atomic E-state index is 11.0. The molecule has 4 rings (SSSR count). The van der Waals surface area contributed by atoms with Crippen LogP contribution in [0.5, 0.6) is 0 Å². The summed E-state index contributed by atoms with van der Waals surface area (Å²) in [5.41, 5.74) is 4.30. The van der Waals surface area contributed by atoms with E-state index in [4.69, 9.17) is 14.5 Å². The molecule has 0 amide bonds. The standard InChI is InChI=1S/C23H20N4O3S/c1-15-4-9-19(10-5-15)24-23-26(25-17(3)22-13-6-16(2)30-22)21(14-31-23)18-7-11-20(12-8-18)27(28)29/h4-14H,1-3H3. The third kappa shape index (κ3) is 4.54. The molecule has 0 N–H and O–H groups in total. The topological polar surface area (TPSA) is 85.9 Å². The maximum Gasteiger partial charge on any atom is 0.269 e. The van der Waals surface area contributed by atoms with Gasteiger partial charge < -0.3 is 4.42 Å². The van der Waals surface area contributed by atoms with Crippen LogP contribution in [0, 0.1) is 24.0 Å². The molecule has 0 aliphatic rings. The molecule has 0 saturated heterocycles. The maximum absolute atomic E-state index is 11.0. The molecule has 0 fully saturated rings. The van der Waals surface area contributed by atoms with Crippen LogP contribution in [-0.4, -0.2) is 15.3 Å². The highest BCUT2D eigenvalue weighted by atomic mass is 32.1. The lowest BCUT2D eigenvalue weighted by atomic mass is 10.1. The summed E-state index contributed by atoms with van der Waals surface area (Å²) in [4.78, 5) is 16.0. The molecule has 4 aromatic rings. The Morgan fingerprint density at radius 3 is 2.35 bits per heavy atom. The van der Waals surface area contributed by atoms with Gasteiger partial charge in [0.1, 0.15) is 17.2 Å². The summed E-state index contributed by atoms with van der Waals surface area (Å²) >= 11 is 1.45. The van der Waals surface area contributed by atoms with E-state index < -0.39 is 4.92 Å². The molecule has 0 unspecified atom stereocenters. The van der Waals surface area contributed by atoms with Crippen LogP contribution in [0.1, 0.15) is 24.0 Å². The largest absolute Gasteiger partial charge is 0.460 e. The van der Waals surface area contributed by atoms with Gasteiger partial charge in [0.2, 0.25) is 4.80 Å². The lowest BCUT2D eigenvalue weighted by Gasteiger charge is -2.05. The van der Waals surface area contributed by atoms with Crippen LogP contribution < -0.4 is 4.80 Å². The van der Waals surface area contributed by atoms with Crippen molar-refractivity contribution in [1.82, 2.24) is 4.68 Å². The quantitative estimate of drug-likeness (QED) is 0.225. The highest BCUT2D eigenvalue weighted by molar-refractivity contribution is 7.07. The Morgan fingerprint density at radius 1 is 1.03 bits per heavy atom. The zero-order valence-corrected chi connectivity index (χ0v) is 18.1. The van der Waals surface area contributed by atoms with E-state index in [0.29, 0.717) is 16.3 Å². The summed E-state index contributed by atoms with van der Waals surface area (Å²) in [6.45, 7) is 5.79. The van der Waals surface area contributed by atoms with Crippen molar-refractivity contribution in [1.29, 1.82) is 0 Å². The number of thiazole rings is 1. The summed E-state index contributed by atoms with van der Waals surface area (Å²) in [6.07, 6.45) is 0. The van der Waals surface area contributed by atoms with E-state index >= 15 is 0 Å². The molecule has 7 nitrogen and oxygen atoms in total. The number of aromatic nitrogens is 1. The van der Waals surface area contributed by atoms with Crippen molar-refractivity contribution < 1.29 is 9.34 Å². The SMILES string of the molecule is CC(=Nn1c(-c2ccc([N+](=O)[O-])cc2)csc1=Nc1ccc(C)cc1)c1ccc(C)o1. The van der Waals surface area contributed by atoms with E-state index in [1.165, 1.54) is 23.5 Å². The Hall–Kier alpha value is -3.78. The van der Waals surface area contributed by atoms with Gasteiger partial charge in [0.25, 0.3) is 5.69 Å². The van der Waals surface area contributed by atoms with Gasteiger partial charge in [-0.1, -0.05) is 17.7 Å². The molecule has 0 radical (unpaired) electrons. The van der Waals surface area contributed by atoms with Crippen molar-refractivity contribution in [3.8, 4) is 11.3 Å². The van der Waals surface area contributed by atoms with Crippen LogP contribution in [0.3, 0.4) is 0 Å². The summed E-state index contributed by atoms with van der Waals surface area (Å²) in [5.74, 6) is 1.48. The minimum atomic E-state index is -0.412. The van der Waals surface area contributed by atoms with Gasteiger partial charge >= 0.3 is 0 Å². The zero-order valence-electron chi connectivity index (χ0n) is 17.3. The molecule has 2 heterocycles. The molecule has 0 atom stereocenters. The first-order valence-corrected chi connectivity index (χ1v) is 10.5. The average molecular weight is 433 g/mol. The average Bonchev–Trinajstić information content (AvgIpc) is 3.36. The molecular formula is C23H20N4O3S. The molecule has 156 valence electrons. The van der Waals surface area contributed by atoms with Gasteiger partial charge in [-0.3, -0.25) is 10.1 Å². The predicted molar refractivity (Wildman–Crippen MR) is 122 cm³/mol. The molecule has 2 aromatic carbocycles. The fourth-order valence-corrected chi connectivity index (χ4v) is 3.83. The number of rotatable bonds is 5. The van der Waals surface area contributed by atoms with Gasteiger partial charge in [-0.25, -0.2) is 9.67 Å². The van der Waals surface area contributed by atoms with Crippen LogP contribution in [-0.2, 0) is 0 Å². The summed E-state index contributed by atoms with van der Waals surface area (Å²) in [6, 6.07) is 18.1. The van der Waals surface area contributed by atoms with Gasteiger partial charge in [-0.2, -0.15) is 5.10 Å². The van der Waals surface area contributed by atoms with Crippen LogP contribution in [0.2, 0.25) is 0 Å². The second kappa shape index (κ2) is 8.53. The highest BCUT2D eigenvalue weighted by Crippen LogP contribution is 2.24. The van der Waals surface area contributed by atoms with E-state index in [9.17, 15) is 10.1 Å². The summed E-state index contributed by atoms with van der Waals surface area (Å²) in [7, 11) is 0. The number of benzene rings is 2. The van der Waals surface area contributed by atoms with Crippen molar-refractivity contribution in [3.05, 3.63) is 98.0 Å². The minimum Gasteiger partial charge on any atom is -0.460 e. The van der Waals surface area contributed by atoms with E-state index in [1.807, 2.05) is 62.5 Å². The molecular weight excluding hydrogens is 412 g/mol. The fourth-order valence-electron chi connectivity index (χ4n) is 2.98. The predicted octanol–water partition coefficient (Wildman–Crippen LogP) is 5.84. The number of nitro groups is 1. The number of nitro benzene ring substituents is 1. The Kier molecular flexibility index (Phi) is 5.64. The van der Waals surface area contributed by atoms with E-state index in [-0.39, 0.29) is 5.69 Å². The van der Waals surface area contributed by atoms with Gasteiger partial charge in [0.05, 0.1) is 16.3 Å². The van der Waals surface area contributed by atoms with Crippen molar-refractivity contribution in [2.24, 2.45) is 10.1 Å². The smallest absolute Gasteiger partial charge is 0.269 e. The summed E-state index contributed by atoms with van der Waals surface area (Å²) < 4.78 is 7.46. The molecule has 8 heteroatoms. The zero-order chi connectivity index (χ0) is 22.0. The van der Waals surface area contributed by atoms with E-state index in [1.54, 1.807) is 16.8 Å². The van der Waals surface area contributed by atoms with Gasteiger partial charge in [-0.15, -0.1) is 11.3 Å². The minimum absolute atomic E-state index is 0.0424. The first-order chi connectivity index (χ1) is 14.9. The van der Waals surface area contributed by atoms with Crippen molar-refractivity contribution in [2.45, 2.75) is 20.8 Å². The van der Waals surface area contributed by atoms with E-state index in [2.05, 4.69) is 0 Å². The Labute approximate surface area is 182 Å². The van der Waals surface area contributed by atoms with Crippen molar-refractivity contribution in [3.63, 3.8) is 0 Å². The summed E-state index contributed by atoms with van der Waals surface area (Å²) in [5, 5.41) is 17.7.